The van der Waals surface area contributed by atoms with Crippen LogP contribution < -0.4 is 4.74 Å². The number of aliphatic carboxylic acids is 1. The van der Waals surface area contributed by atoms with Gasteiger partial charge in [-0.1, -0.05) is 29.8 Å². The van der Waals surface area contributed by atoms with Crippen molar-refractivity contribution in [1.82, 2.24) is 0 Å². The van der Waals surface area contributed by atoms with Crippen molar-refractivity contribution in [2.45, 2.75) is 6.92 Å². The highest BCUT2D eigenvalue weighted by molar-refractivity contribution is 7.11. The second-order valence-corrected chi connectivity index (χ2v) is 6.78. The van der Waals surface area contributed by atoms with Gasteiger partial charge in [0.05, 0.1) is 5.57 Å². The van der Waals surface area contributed by atoms with Crippen molar-refractivity contribution in [2.24, 2.45) is 0 Å². The predicted molar refractivity (Wildman–Crippen MR) is 103 cm³/mol. The van der Waals surface area contributed by atoms with E-state index in [1.807, 2.05) is 54.8 Å². The molecule has 0 atom stereocenters. The van der Waals surface area contributed by atoms with Crippen LogP contribution in [0.5, 0.6) is 11.5 Å². The molecule has 0 saturated heterocycles. The summed E-state index contributed by atoms with van der Waals surface area (Å²) in [6.45, 7) is 1.92. The summed E-state index contributed by atoms with van der Waals surface area (Å²) >= 11 is 7.41. The molecule has 2 aromatic carbocycles. The van der Waals surface area contributed by atoms with Crippen LogP contribution in [0.3, 0.4) is 0 Å². The van der Waals surface area contributed by atoms with Gasteiger partial charge >= 0.3 is 5.97 Å². The van der Waals surface area contributed by atoms with E-state index in [1.165, 1.54) is 11.3 Å². The quantitative estimate of drug-likeness (QED) is 0.549. The first-order valence-electron chi connectivity index (χ1n) is 7.56. The molecule has 1 heterocycles. The van der Waals surface area contributed by atoms with Crippen LogP contribution in [-0.4, -0.2) is 11.1 Å². The SMILES string of the molecule is Cc1cc(Oc2ccc(/C=C(\C(=O)O)c3cccs3)cc2)ccc1Cl. The lowest BCUT2D eigenvalue weighted by atomic mass is 10.1. The molecule has 3 nitrogen and oxygen atoms in total. The molecule has 0 bridgehead atoms. The van der Waals surface area contributed by atoms with Gasteiger partial charge in [-0.2, -0.15) is 0 Å². The van der Waals surface area contributed by atoms with Crippen LogP contribution in [0.2, 0.25) is 5.02 Å². The Hall–Kier alpha value is -2.56. The standard InChI is InChI=1S/C20H15ClO3S/c1-13-11-16(8-9-18(13)21)24-15-6-4-14(5-7-15)12-17(20(22)23)19-3-2-10-25-19/h2-12H,1H3,(H,22,23)/b17-12-. The first-order valence-corrected chi connectivity index (χ1v) is 8.81. The Morgan fingerprint density at radius 2 is 1.84 bits per heavy atom. The fourth-order valence-corrected chi connectivity index (χ4v) is 3.14. The molecular weight excluding hydrogens is 356 g/mol. The van der Waals surface area contributed by atoms with Gasteiger partial charge < -0.3 is 9.84 Å². The molecule has 0 amide bonds. The molecule has 5 heteroatoms. The van der Waals surface area contributed by atoms with Gasteiger partial charge in [0.15, 0.2) is 0 Å². The van der Waals surface area contributed by atoms with Gasteiger partial charge in [0.25, 0.3) is 0 Å². The smallest absolute Gasteiger partial charge is 0.337 e. The second kappa shape index (κ2) is 7.55. The Morgan fingerprint density at radius 1 is 1.12 bits per heavy atom. The number of halogens is 1. The van der Waals surface area contributed by atoms with Gasteiger partial charge in [-0.3, -0.25) is 0 Å². The Bertz CT molecular complexity index is 913. The number of ether oxygens (including phenoxy) is 1. The summed E-state index contributed by atoms with van der Waals surface area (Å²) in [5.41, 5.74) is 2.02. The number of carboxylic acid groups (broad SMARTS) is 1. The zero-order valence-corrected chi connectivity index (χ0v) is 15.0. The van der Waals surface area contributed by atoms with Gasteiger partial charge in [0, 0.05) is 9.90 Å². The number of thiophene rings is 1. The minimum Gasteiger partial charge on any atom is -0.478 e. The van der Waals surface area contributed by atoms with Crippen molar-refractivity contribution in [2.75, 3.05) is 0 Å². The number of carbonyl (C=O) groups is 1. The highest BCUT2D eigenvalue weighted by atomic mass is 35.5. The molecule has 0 aliphatic heterocycles. The Balaban J connectivity index is 1.80. The van der Waals surface area contributed by atoms with E-state index in [0.717, 1.165) is 16.0 Å². The summed E-state index contributed by atoms with van der Waals surface area (Å²) in [5, 5.41) is 12.0. The van der Waals surface area contributed by atoms with Crippen molar-refractivity contribution in [1.29, 1.82) is 0 Å². The topological polar surface area (TPSA) is 46.5 Å². The maximum Gasteiger partial charge on any atom is 0.337 e. The molecule has 3 aromatic rings. The van der Waals surface area contributed by atoms with Gasteiger partial charge in [-0.15, -0.1) is 11.3 Å². The average Bonchev–Trinajstić information content (AvgIpc) is 3.11. The number of aryl methyl sites for hydroxylation is 1. The predicted octanol–water partition coefficient (Wildman–Crippen LogP) is 6.13. The van der Waals surface area contributed by atoms with Gasteiger partial charge in [0.1, 0.15) is 11.5 Å². The largest absolute Gasteiger partial charge is 0.478 e. The molecule has 0 radical (unpaired) electrons. The van der Waals surface area contributed by atoms with E-state index in [2.05, 4.69) is 0 Å². The Morgan fingerprint density at radius 3 is 2.44 bits per heavy atom. The van der Waals surface area contributed by atoms with Crippen molar-refractivity contribution in [3.05, 3.63) is 81.0 Å². The molecule has 126 valence electrons. The molecule has 3 rings (SSSR count). The molecule has 0 aliphatic carbocycles. The van der Waals surface area contributed by atoms with Gasteiger partial charge in [-0.25, -0.2) is 4.79 Å². The third kappa shape index (κ3) is 4.29. The van der Waals surface area contributed by atoms with E-state index < -0.39 is 5.97 Å². The van der Waals surface area contributed by atoms with Crippen LogP contribution in [-0.2, 0) is 4.79 Å². The maximum absolute atomic E-state index is 11.5. The second-order valence-electron chi connectivity index (χ2n) is 5.42. The third-order valence-electron chi connectivity index (χ3n) is 3.57. The third-order valence-corrected chi connectivity index (χ3v) is 4.90. The summed E-state index contributed by atoms with van der Waals surface area (Å²) in [6.07, 6.45) is 1.66. The van der Waals surface area contributed by atoms with E-state index in [-0.39, 0.29) is 5.57 Å². The first kappa shape index (κ1) is 17.3. The van der Waals surface area contributed by atoms with E-state index >= 15 is 0 Å². The lowest BCUT2D eigenvalue weighted by Gasteiger charge is -2.08. The zero-order valence-electron chi connectivity index (χ0n) is 13.4. The van der Waals surface area contributed by atoms with Crippen LogP contribution >= 0.6 is 22.9 Å². The van der Waals surface area contributed by atoms with E-state index in [0.29, 0.717) is 16.5 Å². The van der Waals surface area contributed by atoms with Crippen molar-refractivity contribution >= 4 is 40.6 Å². The Labute approximate surface area is 154 Å². The molecule has 25 heavy (non-hydrogen) atoms. The molecule has 0 saturated carbocycles. The number of hydrogen-bond donors (Lipinski definition) is 1. The zero-order chi connectivity index (χ0) is 17.8. The normalized spacial score (nSPS) is 11.4. The molecule has 0 unspecified atom stereocenters. The van der Waals surface area contributed by atoms with Crippen molar-refractivity contribution in [3.63, 3.8) is 0 Å². The molecular formula is C20H15ClO3S. The van der Waals surface area contributed by atoms with Crippen molar-refractivity contribution in [3.8, 4) is 11.5 Å². The summed E-state index contributed by atoms with van der Waals surface area (Å²) in [6, 6.07) is 16.4. The summed E-state index contributed by atoms with van der Waals surface area (Å²) in [7, 11) is 0. The van der Waals surface area contributed by atoms with Crippen LogP contribution in [0.1, 0.15) is 16.0 Å². The fourth-order valence-electron chi connectivity index (χ4n) is 2.29. The highest BCUT2D eigenvalue weighted by Crippen LogP contribution is 2.27. The van der Waals surface area contributed by atoms with Crippen LogP contribution in [0.15, 0.2) is 60.0 Å². The molecule has 0 aliphatic rings. The summed E-state index contributed by atoms with van der Waals surface area (Å²) < 4.78 is 5.80. The number of benzene rings is 2. The number of rotatable bonds is 5. The lowest BCUT2D eigenvalue weighted by molar-refractivity contribution is -0.130. The van der Waals surface area contributed by atoms with E-state index in [9.17, 15) is 9.90 Å². The summed E-state index contributed by atoms with van der Waals surface area (Å²) in [4.78, 5) is 12.2. The number of carboxylic acids is 1. The minimum atomic E-state index is -0.945. The van der Waals surface area contributed by atoms with Crippen LogP contribution in [0, 0.1) is 6.92 Å². The monoisotopic (exact) mass is 370 g/mol. The molecule has 0 spiro atoms. The van der Waals surface area contributed by atoms with Crippen molar-refractivity contribution < 1.29 is 14.6 Å². The maximum atomic E-state index is 11.5. The lowest BCUT2D eigenvalue weighted by Crippen LogP contribution is -1.97. The minimum absolute atomic E-state index is 0.275. The average molecular weight is 371 g/mol. The Kier molecular flexibility index (Phi) is 5.22. The van der Waals surface area contributed by atoms with E-state index in [1.54, 1.807) is 18.2 Å². The molecule has 0 fully saturated rings. The fraction of sp³-hybridized carbons (Fsp3) is 0.0500. The van der Waals surface area contributed by atoms with Crippen LogP contribution in [0.25, 0.3) is 11.6 Å². The molecule has 1 aromatic heterocycles. The van der Waals surface area contributed by atoms with E-state index in [4.69, 9.17) is 16.3 Å². The van der Waals surface area contributed by atoms with Gasteiger partial charge in [-0.05, 0) is 65.9 Å². The highest BCUT2D eigenvalue weighted by Gasteiger charge is 2.11. The van der Waals surface area contributed by atoms with Gasteiger partial charge in [0.2, 0.25) is 0 Å². The summed E-state index contributed by atoms with van der Waals surface area (Å²) in [5.74, 6) is 0.432. The number of hydrogen-bond acceptors (Lipinski definition) is 3. The van der Waals surface area contributed by atoms with Crippen LogP contribution in [0.4, 0.5) is 0 Å². The first-order chi connectivity index (χ1) is 12.0. The molecule has 1 N–H and O–H groups in total.